The molecule has 4 unspecified atom stereocenters. The van der Waals surface area contributed by atoms with Crippen LogP contribution in [0.15, 0.2) is 46.9 Å². The zero-order valence-electron chi connectivity index (χ0n) is 22.3. The van der Waals surface area contributed by atoms with Crippen molar-refractivity contribution in [1.82, 2.24) is 4.90 Å². The van der Waals surface area contributed by atoms with Gasteiger partial charge in [0.1, 0.15) is 29.1 Å². The molecule has 1 amide bonds. The SMILES string of the molecule is COc1ccc(C=O)cc1-c1cc(F)c(O)c2c1CC1CC3C(N(C)C)C(O)=C(C(N)=O)C(=O)C3(O)C(O)=C1C2=O. The number of aromatic hydroxyl groups is 1. The van der Waals surface area contributed by atoms with Crippen molar-refractivity contribution in [2.75, 3.05) is 21.2 Å². The van der Waals surface area contributed by atoms with E-state index in [2.05, 4.69) is 0 Å². The largest absolute Gasteiger partial charge is 0.510 e. The van der Waals surface area contributed by atoms with Crippen LogP contribution in [0.25, 0.3) is 11.1 Å². The summed E-state index contributed by atoms with van der Waals surface area (Å²) in [5.41, 5.74) is 1.58. The first-order chi connectivity index (χ1) is 19.3. The summed E-state index contributed by atoms with van der Waals surface area (Å²) in [4.78, 5) is 52.3. The Morgan fingerprint density at radius 1 is 1.17 bits per heavy atom. The highest BCUT2D eigenvalue weighted by molar-refractivity contribution is 6.25. The molecule has 0 saturated carbocycles. The molecule has 2 aromatic rings. The Kier molecular flexibility index (Phi) is 6.51. The first-order valence-electron chi connectivity index (χ1n) is 12.6. The molecule has 41 heavy (non-hydrogen) atoms. The predicted molar refractivity (Wildman–Crippen MR) is 141 cm³/mol. The number of nitrogens with two attached hydrogens (primary N) is 1. The van der Waals surface area contributed by atoms with Gasteiger partial charge in [0.25, 0.3) is 5.91 Å². The van der Waals surface area contributed by atoms with E-state index < -0.39 is 80.7 Å². The molecule has 12 heteroatoms. The summed E-state index contributed by atoms with van der Waals surface area (Å²) in [7, 11) is 4.42. The number of primary amides is 1. The van der Waals surface area contributed by atoms with Crippen LogP contribution in [0.2, 0.25) is 0 Å². The number of aliphatic hydroxyl groups is 3. The fraction of sp³-hybridized carbons (Fsp3) is 0.310. The predicted octanol–water partition coefficient (Wildman–Crippen LogP) is 1.75. The number of amides is 1. The second-order valence-electron chi connectivity index (χ2n) is 10.6. The molecule has 0 saturated heterocycles. The standard InChI is InChI=1S/C29H27FN2O9/c1-32(2)22-16-8-12-7-15-13(14-6-11(10-33)4-5-18(14)41-3)9-17(30)23(34)20(15)24(35)19(12)26(37)29(16,40)27(38)21(25(22)36)28(31)39/h4-6,9-10,12,16,22,34,36-37,40H,7-8H2,1-3H3,(H2,31,39). The number of fused-ring (bicyclic) bond motifs is 3. The molecule has 0 spiro atoms. The number of phenols is 1. The van der Waals surface area contributed by atoms with Crippen molar-refractivity contribution >= 4 is 23.8 Å². The van der Waals surface area contributed by atoms with Gasteiger partial charge in [-0.1, -0.05) is 0 Å². The van der Waals surface area contributed by atoms with Crippen molar-refractivity contribution in [2.45, 2.75) is 24.5 Å². The number of carbonyl (C=O) groups is 4. The number of hydrogen-bond acceptors (Lipinski definition) is 10. The highest BCUT2D eigenvalue weighted by atomic mass is 19.1. The Balaban J connectivity index is 1.77. The second kappa shape index (κ2) is 9.53. The van der Waals surface area contributed by atoms with Gasteiger partial charge in [-0.15, -0.1) is 0 Å². The fourth-order valence-corrected chi connectivity index (χ4v) is 6.54. The third-order valence-corrected chi connectivity index (χ3v) is 8.33. The summed E-state index contributed by atoms with van der Waals surface area (Å²) in [5.74, 6) is -9.43. The summed E-state index contributed by atoms with van der Waals surface area (Å²) in [5, 5.41) is 44.6. The summed E-state index contributed by atoms with van der Waals surface area (Å²) in [6.45, 7) is 0. The van der Waals surface area contributed by atoms with Crippen LogP contribution in [0.3, 0.4) is 0 Å². The van der Waals surface area contributed by atoms with E-state index in [1.165, 1.54) is 44.3 Å². The van der Waals surface area contributed by atoms with Crippen LogP contribution in [-0.4, -0.2) is 81.9 Å². The molecule has 4 atom stereocenters. The maximum atomic E-state index is 15.1. The van der Waals surface area contributed by atoms with Crippen LogP contribution < -0.4 is 10.5 Å². The minimum atomic E-state index is -2.81. The number of benzene rings is 2. The summed E-state index contributed by atoms with van der Waals surface area (Å²) in [6.07, 6.45) is 0.390. The van der Waals surface area contributed by atoms with Crippen molar-refractivity contribution in [2.24, 2.45) is 17.6 Å². The quantitative estimate of drug-likeness (QED) is 0.263. The number of aldehydes is 1. The molecule has 0 fully saturated rings. The van der Waals surface area contributed by atoms with Gasteiger partial charge in [0, 0.05) is 22.6 Å². The maximum absolute atomic E-state index is 15.1. The smallest absolute Gasteiger partial charge is 0.255 e. The van der Waals surface area contributed by atoms with Crippen LogP contribution in [0.1, 0.15) is 32.7 Å². The molecule has 3 aliphatic rings. The lowest BCUT2D eigenvalue weighted by atomic mass is 9.58. The Hall–Kier alpha value is -4.55. The number of halogens is 1. The Bertz CT molecular complexity index is 1630. The highest BCUT2D eigenvalue weighted by Gasteiger charge is 2.63. The van der Waals surface area contributed by atoms with E-state index in [9.17, 15) is 39.6 Å². The molecule has 0 radical (unpaired) electrons. The summed E-state index contributed by atoms with van der Waals surface area (Å²) >= 11 is 0. The molecule has 2 aromatic carbocycles. The zero-order chi connectivity index (χ0) is 30.1. The van der Waals surface area contributed by atoms with E-state index in [-0.39, 0.29) is 40.8 Å². The zero-order valence-corrected chi connectivity index (χ0v) is 22.3. The van der Waals surface area contributed by atoms with Crippen molar-refractivity contribution in [3.05, 3.63) is 69.4 Å². The molecule has 0 heterocycles. The van der Waals surface area contributed by atoms with Crippen LogP contribution in [-0.2, 0) is 16.0 Å². The van der Waals surface area contributed by atoms with Gasteiger partial charge in [0.15, 0.2) is 23.0 Å². The number of aliphatic hydroxyl groups excluding tert-OH is 2. The van der Waals surface area contributed by atoms with Crippen LogP contribution in [0.5, 0.6) is 11.5 Å². The number of nitrogens with zero attached hydrogens (tertiary/aromatic N) is 1. The number of rotatable bonds is 5. The molecule has 11 nitrogen and oxygen atoms in total. The molecular weight excluding hydrogens is 539 g/mol. The van der Waals surface area contributed by atoms with E-state index in [0.29, 0.717) is 6.29 Å². The lowest BCUT2D eigenvalue weighted by molar-refractivity contribution is -0.148. The number of allylic oxidation sites excluding steroid dienone is 1. The maximum Gasteiger partial charge on any atom is 0.255 e. The van der Waals surface area contributed by atoms with E-state index in [4.69, 9.17) is 10.5 Å². The average Bonchev–Trinajstić information content (AvgIpc) is 2.91. The van der Waals surface area contributed by atoms with Gasteiger partial charge in [-0.3, -0.25) is 24.1 Å². The monoisotopic (exact) mass is 566 g/mol. The molecular formula is C29H27FN2O9. The molecule has 0 aliphatic heterocycles. The number of phenolic OH excluding ortho intramolecular Hbond substituents is 1. The van der Waals surface area contributed by atoms with E-state index in [0.717, 1.165) is 6.07 Å². The van der Waals surface area contributed by atoms with Crippen molar-refractivity contribution in [3.63, 3.8) is 0 Å². The summed E-state index contributed by atoms with van der Waals surface area (Å²) in [6, 6.07) is 4.31. The number of ether oxygens (including phenoxy) is 1. The van der Waals surface area contributed by atoms with Gasteiger partial charge in [-0.05, 0) is 68.2 Å². The van der Waals surface area contributed by atoms with Gasteiger partial charge in [-0.25, -0.2) is 4.39 Å². The number of carbonyl (C=O) groups excluding carboxylic acids is 4. The molecule has 3 aliphatic carbocycles. The molecule has 5 rings (SSSR count). The number of Topliss-reactive ketones (excluding diaryl/α,β-unsaturated/α-hetero) is 2. The highest BCUT2D eigenvalue weighted by Crippen LogP contribution is 2.53. The number of likely N-dealkylation sites (N-methyl/N-ethyl adjacent to an activating group) is 1. The number of ketones is 2. The van der Waals surface area contributed by atoms with E-state index in [1.807, 2.05) is 0 Å². The lowest BCUT2D eigenvalue weighted by Crippen LogP contribution is -2.63. The number of hydrogen-bond donors (Lipinski definition) is 5. The Labute approximate surface area is 232 Å². The topological polar surface area (TPSA) is 188 Å². The third kappa shape index (κ3) is 3.78. The van der Waals surface area contributed by atoms with Gasteiger partial charge in [-0.2, -0.15) is 0 Å². The van der Waals surface area contributed by atoms with Crippen LogP contribution in [0, 0.1) is 17.7 Å². The van der Waals surface area contributed by atoms with Gasteiger partial charge < -0.3 is 30.9 Å². The Morgan fingerprint density at radius 2 is 1.85 bits per heavy atom. The molecule has 214 valence electrons. The van der Waals surface area contributed by atoms with Crippen molar-refractivity contribution < 1.29 is 48.7 Å². The van der Waals surface area contributed by atoms with Crippen LogP contribution >= 0.6 is 0 Å². The van der Waals surface area contributed by atoms with Gasteiger partial charge >= 0.3 is 0 Å². The van der Waals surface area contributed by atoms with E-state index >= 15 is 4.39 Å². The normalized spacial score (nSPS) is 25.6. The molecule has 6 N–H and O–H groups in total. The lowest BCUT2D eigenvalue weighted by Gasteiger charge is -2.50. The minimum absolute atomic E-state index is 0.0633. The second-order valence-corrected chi connectivity index (χ2v) is 10.6. The first kappa shape index (κ1) is 28.0. The van der Waals surface area contributed by atoms with Crippen molar-refractivity contribution in [3.8, 4) is 22.6 Å². The van der Waals surface area contributed by atoms with E-state index in [1.54, 1.807) is 0 Å². The van der Waals surface area contributed by atoms with Gasteiger partial charge in [0.2, 0.25) is 5.78 Å². The third-order valence-electron chi connectivity index (χ3n) is 8.33. The van der Waals surface area contributed by atoms with Gasteiger partial charge in [0.05, 0.1) is 18.7 Å². The molecule has 0 bridgehead atoms. The Morgan fingerprint density at radius 3 is 2.44 bits per heavy atom. The fourth-order valence-electron chi connectivity index (χ4n) is 6.54. The first-order valence-corrected chi connectivity index (χ1v) is 12.6. The van der Waals surface area contributed by atoms with Crippen molar-refractivity contribution in [1.29, 1.82) is 0 Å². The average molecular weight is 567 g/mol. The number of methoxy groups -OCH3 is 1. The molecule has 0 aromatic heterocycles. The summed E-state index contributed by atoms with van der Waals surface area (Å²) < 4.78 is 20.5. The van der Waals surface area contributed by atoms with Crippen LogP contribution in [0.4, 0.5) is 4.39 Å². The minimum Gasteiger partial charge on any atom is -0.510 e.